The summed E-state index contributed by atoms with van der Waals surface area (Å²) in [6.07, 6.45) is 0.252. The normalized spacial score (nSPS) is 23.7. The van der Waals surface area contributed by atoms with Crippen molar-refractivity contribution in [1.82, 2.24) is 4.90 Å². The van der Waals surface area contributed by atoms with Crippen LogP contribution in [-0.2, 0) is 16.0 Å². The molecule has 0 saturated carbocycles. The molecule has 3 N–H and O–H groups in total. The van der Waals surface area contributed by atoms with Gasteiger partial charge in [0.15, 0.2) is 0 Å². The fraction of sp³-hybridized carbons (Fsp3) is 0.500. The molecule has 0 spiro atoms. The number of nitrogen functional groups attached to an aromatic ring is 1. The second kappa shape index (κ2) is 6.14. The molecule has 1 heterocycles. The summed E-state index contributed by atoms with van der Waals surface area (Å²) >= 11 is 0. The van der Waals surface area contributed by atoms with Gasteiger partial charge in [0.2, 0.25) is 0 Å². The topological polar surface area (TPSA) is 71.6 Å². The van der Waals surface area contributed by atoms with Crippen LogP contribution in [0.4, 0.5) is 0 Å². The molecule has 0 amide bonds. The van der Waals surface area contributed by atoms with E-state index in [1.165, 1.54) is 0 Å². The van der Waals surface area contributed by atoms with E-state index in [1.54, 1.807) is 14.2 Å². The van der Waals surface area contributed by atoms with Crippen molar-refractivity contribution in [3.8, 4) is 0 Å². The minimum absolute atomic E-state index is 0.104. The van der Waals surface area contributed by atoms with Gasteiger partial charge in [0.25, 0.3) is 0 Å². The van der Waals surface area contributed by atoms with Crippen LogP contribution < -0.4 is 5.73 Å². The largest absolute Gasteiger partial charge is 0.384 e. The van der Waals surface area contributed by atoms with Gasteiger partial charge in [-0.05, 0) is 11.6 Å². The molecule has 1 aliphatic heterocycles. The second-order valence-corrected chi connectivity index (χ2v) is 4.86. The number of ether oxygens (including phenoxy) is 2. The van der Waals surface area contributed by atoms with Gasteiger partial charge >= 0.3 is 0 Å². The molecule has 104 valence electrons. The number of nitrogens with two attached hydrogens (primary N) is 1. The molecule has 2 atom stereocenters. The third-order valence-corrected chi connectivity index (χ3v) is 3.54. The highest BCUT2D eigenvalue weighted by molar-refractivity contribution is 5.95. The van der Waals surface area contributed by atoms with Crippen LogP contribution in [0, 0.1) is 5.41 Å². The number of benzene rings is 1. The van der Waals surface area contributed by atoms with Crippen molar-refractivity contribution >= 4 is 5.84 Å². The molecule has 1 aliphatic rings. The lowest BCUT2D eigenvalue weighted by Crippen LogP contribution is -2.27. The average molecular weight is 263 g/mol. The predicted octanol–water partition coefficient (Wildman–Crippen LogP) is 0.816. The van der Waals surface area contributed by atoms with E-state index in [2.05, 4.69) is 4.90 Å². The number of methoxy groups -OCH3 is 2. The van der Waals surface area contributed by atoms with Gasteiger partial charge in [-0.3, -0.25) is 10.3 Å². The van der Waals surface area contributed by atoms with Crippen LogP contribution in [0.5, 0.6) is 0 Å². The monoisotopic (exact) mass is 263 g/mol. The van der Waals surface area contributed by atoms with Crippen molar-refractivity contribution in [2.75, 3.05) is 27.3 Å². The maximum Gasteiger partial charge on any atom is 0.122 e. The summed E-state index contributed by atoms with van der Waals surface area (Å²) in [5.41, 5.74) is 7.43. The van der Waals surface area contributed by atoms with Gasteiger partial charge in [-0.1, -0.05) is 18.2 Å². The van der Waals surface area contributed by atoms with E-state index in [9.17, 15) is 0 Å². The Labute approximate surface area is 113 Å². The minimum atomic E-state index is 0.104. The highest BCUT2D eigenvalue weighted by atomic mass is 16.5. The van der Waals surface area contributed by atoms with E-state index in [4.69, 9.17) is 20.6 Å². The molecule has 2 unspecified atom stereocenters. The zero-order valence-corrected chi connectivity index (χ0v) is 11.4. The van der Waals surface area contributed by atoms with E-state index in [0.717, 1.165) is 30.8 Å². The first-order valence-corrected chi connectivity index (χ1v) is 6.35. The van der Waals surface area contributed by atoms with Gasteiger partial charge < -0.3 is 15.2 Å². The number of nitrogens with zero attached hydrogens (tertiary/aromatic N) is 1. The zero-order chi connectivity index (χ0) is 13.8. The first-order valence-electron chi connectivity index (χ1n) is 6.35. The molecular weight excluding hydrogens is 242 g/mol. The van der Waals surface area contributed by atoms with Crippen LogP contribution >= 0.6 is 0 Å². The van der Waals surface area contributed by atoms with Gasteiger partial charge in [0, 0.05) is 39.4 Å². The summed E-state index contributed by atoms with van der Waals surface area (Å²) in [6.45, 7) is 2.54. The maximum atomic E-state index is 7.46. The number of amidine groups is 1. The maximum absolute atomic E-state index is 7.46. The van der Waals surface area contributed by atoms with E-state index in [-0.39, 0.29) is 18.0 Å². The lowest BCUT2D eigenvalue weighted by molar-refractivity contribution is -0.00461. The fourth-order valence-electron chi connectivity index (χ4n) is 2.50. The molecule has 1 fully saturated rings. The fourth-order valence-corrected chi connectivity index (χ4v) is 2.50. The second-order valence-electron chi connectivity index (χ2n) is 4.86. The lowest BCUT2D eigenvalue weighted by atomic mass is 10.1. The van der Waals surface area contributed by atoms with E-state index in [0.29, 0.717) is 0 Å². The molecule has 19 heavy (non-hydrogen) atoms. The Morgan fingerprint density at radius 2 is 1.95 bits per heavy atom. The molecule has 2 rings (SSSR count). The van der Waals surface area contributed by atoms with Crippen LogP contribution in [0.3, 0.4) is 0 Å². The summed E-state index contributed by atoms with van der Waals surface area (Å²) < 4.78 is 10.8. The van der Waals surface area contributed by atoms with Crippen LogP contribution in [-0.4, -0.2) is 50.3 Å². The van der Waals surface area contributed by atoms with Crippen molar-refractivity contribution < 1.29 is 9.47 Å². The highest BCUT2D eigenvalue weighted by Gasteiger charge is 2.32. The van der Waals surface area contributed by atoms with Gasteiger partial charge in [-0.25, -0.2) is 0 Å². The van der Waals surface area contributed by atoms with E-state index >= 15 is 0 Å². The summed E-state index contributed by atoms with van der Waals surface area (Å²) in [4.78, 5) is 2.29. The summed E-state index contributed by atoms with van der Waals surface area (Å²) in [7, 11) is 3.44. The third-order valence-electron chi connectivity index (χ3n) is 3.54. The van der Waals surface area contributed by atoms with Crippen molar-refractivity contribution in [1.29, 1.82) is 5.41 Å². The Morgan fingerprint density at radius 3 is 2.47 bits per heavy atom. The van der Waals surface area contributed by atoms with Gasteiger partial charge in [-0.15, -0.1) is 0 Å². The number of hydrogen-bond donors (Lipinski definition) is 2. The minimum Gasteiger partial charge on any atom is -0.384 e. The Bertz CT molecular complexity index is 438. The third kappa shape index (κ3) is 3.32. The van der Waals surface area contributed by atoms with Crippen molar-refractivity contribution in [3.05, 3.63) is 35.4 Å². The Kier molecular flexibility index (Phi) is 4.52. The summed E-state index contributed by atoms with van der Waals surface area (Å²) in [6, 6.07) is 7.80. The van der Waals surface area contributed by atoms with Crippen molar-refractivity contribution in [2.24, 2.45) is 5.73 Å². The van der Waals surface area contributed by atoms with Gasteiger partial charge in [-0.2, -0.15) is 0 Å². The summed E-state index contributed by atoms with van der Waals surface area (Å²) in [5, 5.41) is 7.46. The summed E-state index contributed by atoms with van der Waals surface area (Å²) in [5.74, 6) is 0.104. The Balaban J connectivity index is 2.02. The molecule has 1 saturated heterocycles. The molecule has 0 aromatic heterocycles. The first-order chi connectivity index (χ1) is 9.13. The van der Waals surface area contributed by atoms with Crippen molar-refractivity contribution in [2.45, 2.75) is 18.8 Å². The molecule has 1 aromatic carbocycles. The van der Waals surface area contributed by atoms with Crippen LogP contribution in [0.25, 0.3) is 0 Å². The van der Waals surface area contributed by atoms with Crippen LogP contribution in [0.15, 0.2) is 24.3 Å². The molecule has 5 nitrogen and oxygen atoms in total. The smallest absolute Gasteiger partial charge is 0.122 e. The molecular formula is C14H21N3O2. The van der Waals surface area contributed by atoms with Crippen LogP contribution in [0.2, 0.25) is 0 Å². The average Bonchev–Trinajstić information content (AvgIpc) is 2.81. The van der Waals surface area contributed by atoms with Gasteiger partial charge in [0.1, 0.15) is 5.84 Å². The Morgan fingerprint density at radius 1 is 1.32 bits per heavy atom. The Hall–Kier alpha value is -1.43. The van der Waals surface area contributed by atoms with Crippen LogP contribution in [0.1, 0.15) is 11.1 Å². The molecule has 0 radical (unpaired) electrons. The number of rotatable bonds is 5. The van der Waals surface area contributed by atoms with Gasteiger partial charge in [0.05, 0.1) is 12.2 Å². The zero-order valence-electron chi connectivity index (χ0n) is 11.4. The van der Waals surface area contributed by atoms with E-state index < -0.39 is 0 Å². The first kappa shape index (κ1) is 14.0. The highest BCUT2D eigenvalue weighted by Crippen LogP contribution is 2.18. The number of nitrogens with one attached hydrogen (secondary N) is 1. The molecule has 1 aromatic rings. The molecule has 0 aliphatic carbocycles. The van der Waals surface area contributed by atoms with Crippen molar-refractivity contribution in [3.63, 3.8) is 0 Å². The SMILES string of the molecule is COC1CN(Cc2cccc(C(=N)N)c2)CC1OC. The predicted molar refractivity (Wildman–Crippen MR) is 74.3 cm³/mol. The lowest BCUT2D eigenvalue weighted by Gasteiger charge is -2.15. The molecule has 0 bridgehead atoms. The standard InChI is InChI=1S/C14H21N3O2/c1-18-12-8-17(9-13(12)19-2)7-10-4-3-5-11(6-10)14(15)16/h3-6,12-13H,7-9H2,1-2H3,(H3,15,16). The van der Waals surface area contributed by atoms with E-state index in [1.807, 2.05) is 24.3 Å². The number of likely N-dealkylation sites (tertiary alicyclic amines) is 1. The number of hydrogen-bond acceptors (Lipinski definition) is 4. The quantitative estimate of drug-likeness (QED) is 0.609. The molecule has 5 heteroatoms.